The SMILES string of the molecule is CC(C)C1CC(O)(c2ccc3[nH]ccc3c2)C1. The quantitative estimate of drug-likeness (QED) is 0.813. The summed E-state index contributed by atoms with van der Waals surface area (Å²) in [5, 5.41) is 11.8. The van der Waals surface area contributed by atoms with Crippen LogP contribution >= 0.6 is 0 Å². The Morgan fingerprint density at radius 2 is 2.06 bits per heavy atom. The van der Waals surface area contributed by atoms with E-state index in [-0.39, 0.29) is 0 Å². The fourth-order valence-electron chi connectivity index (χ4n) is 2.86. The average Bonchev–Trinajstić information content (AvgIpc) is 2.71. The zero-order valence-corrected chi connectivity index (χ0v) is 10.4. The Bertz CT molecular complexity index is 535. The summed E-state index contributed by atoms with van der Waals surface area (Å²) in [7, 11) is 0. The molecule has 2 nitrogen and oxygen atoms in total. The third kappa shape index (κ3) is 1.67. The molecule has 1 aromatic carbocycles. The fraction of sp³-hybridized carbons (Fsp3) is 0.467. The van der Waals surface area contributed by atoms with E-state index >= 15 is 0 Å². The first-order valence-corrected chi connectivity index (χ1v) is 6.38. The summed E-state index contributed by atoms with van der Waals surface area (Å²) in [4.78, 5) is 3.18. The highest BCUT2D eigenvalue weighted by Gasteiger charge is 2.44. The summed E-state index contributed by atoms with van der Waals surface area (Å²) >= 11 is 0. The van der Waals surface area contributed by atoms with Crippen molar-refractivity contribution in [1.29, 1.82) is 0 Å². The van der Waals surface area contributed by atoms with Gasteiger partial charge in [0.1, 0.15) is 0 Å². The van der Waals surface area contributed by atoms with Crippen molar-refractivity contribution in [3.05, 3.63) is 36.0 Å². The Hall–Kier alpha value is -1.28. The van der Waals surface area contributed by atoms with E-state index in [4.69, 9.17) is 0 Å². The maximum atomic E-state index is 10.6. The van der Waals surface area contributed by atoms with E-state index in [1.807, 2.05) is 6.20 Å². The molecule has 2 aromatic rings. The van der Waals surface area contributed by atoms with Crippen molar-refractivity contribution >= 4 is 10.9 Å². The lowest BCUT2D eigenvalue weighted by molar-refractivity contribution is -0.0932. The van der Waals surface area contributed by atoms with Crippen molar-refractivity contribution in [2.75, 3.05) is 0 Å². The number of fused-ring (bicyclic) bond motifs is 1. The molecule has 90 valence electrons. The van der Waals surface area contributed by atoms with Crippen LogP contribution in [0.15, 0.2) is 30.5 Å². The highest BCUT2D eigenvalue weighted by Crippen LogP contribution is 2.48. The molecule has 0 aliphatic heterocycles. The molecule has 0 spiro atoms. The molecule has 1 heterocycles. The molecule has 0 radical (unpaired) electrons. The van der Waals surface area contributed by atoms with E-state index in [9.17, 15) is 5.11 Å². The van der Waals surface area contributed by atoms with Crippen LogP contribution in [0.5, 0.6) is 0 Å². The molecule has 0 unspecified atom stereocenters. The molecule has 0 atom stereocenters. The van der Waals surface area contributed by atoms with Crippen LogP contribution < -0.4 is 0 Å². The van der Waals surface area contributed by atoms with Gasteiger partial charge >= 0.3 is 0 Å². The van der Waals surface area contributed by atoms with Gasteiger partial charge in [-0.2, -0.15) is 0 Å². The molecule has 3 rings (SSSR count). The first-order valence-electron chi connectivity index (χ1n) is 6.38. The van der Waals surface area contributed by atoms with Crippen LogP contribution in [0.25, 0.3) is 10.9 Å². The Morgan fingerprint density at radius 1 is 1.29 bits per heavy atom. The molecule has 1 aromatic heterocycles. The minimum Gasteiger partial charge on any atom is -0.385 e. The highest BCUT2D eigenvalue weighted by molar-refractivity contribution is 5.80. The predicted molar refractivity (Wildman–Crippen MR) is 69.8 cm³/mol. The molecule has 1 aliphatic carbocycles. The average molecular weight is 229 g/mol. The van der Waals surface area contributed by atoms with Gasteiger partial charge in [-0.25, -0.2) is 0 Å². The van der Waals surface area contributed by atoms with Crippen LogP contribution in [0.3, 0.4) is 0 Å². The first kappa shape index (κ1) is 10.8. The Kier molecular flexibility index (Phi) is 2.30. The zero-order chi connectivity index (χ0) is 12.0. The van der Waals surface area contributed by atoms with Crippen LogP contribution in [0.4, 0.5) is 0 Å². The van der Waals surface area contributed by atoms with Gasteiger partial charge in [0.25, 0.3) is 0 Å². The van der Waals surface area contributed by atoms with Crippen LogP contribution in [0.1, 0.15) is 32.3 Å². The molecule has 2 N–H and O–H groups in total. The summed E-state index contributed by atoms with van der Waals surface area (Å²) in [6.45, 7) is 4.47. The lowest BCUT2D eigenvalue weighted by Crippen LogP contribution is -2.43. The number of hydrogen-bond donors (Lipinski definition) is 2. The van der Waals surface area contributed by atoms with E-state index in [0.29, 0.717) is 11.8 Å². The zero-order valence-electron chi connectivity index (χ0n) is 10.4. The van der Waals surface area contributed by atoms with Gasteiger partial charge in [0.15, 0.2) is 0 Å². The molecule has 2 heteroatoms. The number of H-pyrrole nitrogens is 1. The summed E-state index contributed by atoms with van der Waals surface area (Å²) in [5.41, 5.74) is 1.62. The van der Waals surface area contributed by atoms with Crippen molar-refractivity contribution in [3.63, 3.8) is 0 Å². The third-order valence-corrected chi connectivity index (χ3v) is 4.23. The number of hydrogen-bond acceptors (Lipinski definition) is 1. The van der Waals surface area contributed by atoms with Gasteiger partial charge in [-0.3, -0.25) is 0 Å². The van der Waals surface area contributed by atoms with Gasteiger partial charge in [0.2, 0.25) is 0 Å². The monoisotopic (exact) mass is 229 g/mol. The molecule has 17 heavy (non-hydrogen) atoms. The Labute approximate surface area is 102 Å². The minimum atomic E-state index is -0.583. The maximum absolute atomic E-state index is 10.6. The lowest BCUT2D eigenvalue weighted by atomic mass is 9.63. The number of rotatable bonds is 2. The lowest BCUT2D eigenvalue weighted by Gasteiger charge is -2.46. The van der Waals surface area contributed by atoms with Gasteiger partial charge in [-0.15, -0.1) is 0 Å². The number of benzene rings is 1. The topological polar surface area (TPSA) is 36.0 Å². The fourth-order valence-corrected chi connectivity index (χ4v) is 2.86. The van der Waals surface area contributed by atoms with Crippen molar-refractivity contribution in [2.24, 2.45) is 11.8 Å². The molecule has 0 bridgehead atoms. The number of aliphatic hydroxyl groups is 1. The summed E-state index contributed by atoms with van der Waals surface area (Å²) in [5.74, 6) is 1.34. The number of aromatic amines is 1. The standard InChI is InChI=1S/C15H19NO/c1-10(2)12-8-15(17,9-12)13-3-4-14-11(7-13)5-6-16-14/h3-7,10,12,16-17H,8-9H2,1-2H3. The van der Waals surface area contributed by atoms with Gasteiger partial charge < -0.3 is 10.1 Å². The molecular formula is C15H19NO. The molecule has 0 saturated heterocycles. The Balaban J connectivity index is 1.89. The van der Waals surface area contributed by atoms with Crippen LogP contribution in [-0.2, 0) is 5.60 Å². The van der Waals surface area contributed by atoms with Crippen molar-refractivity contribution in [2.45, 2.75) is 32.3 Å². The van der Waals surface area contributed by atoms with Crippen LogP contribution in [0.2, 0.25) is 0 Å². The van der Waals surface area contributed by atoms with E-state index in [0.717, 1.165) is 23.9 Å². The predicted octanol–water partition coefficient (Wildman–Crippen LogP) is 3.42. The normalized spacial score (nSPS) is 28.6. The molecule has 0 amide bonds. The van der Waals surface area contributed by atoms with Crippen molar-refractivity contribution in [3.8, 4) is 0 Å². The minimum absolute atomic E-state index is 0.583. The van der Waals surface area contributed by atoms with Gasteiger partial charge in [-0.05, 0) is 53.8 Å². The van der Waals surface area contributed by atoms with Crippen LogP contribution in [-0.4, -0.2) is 10.1 Å². The molecule has 1 saturated carbocycles. The number of nitrogens with one attached hydrogen (secondary N) is 1. The molecule has 1 aliphatic rings. The summed E-state index contributed by atoms with van der Waals surface area (Å²) < 4.78 is 0. The van der Waals surface area contributed by atoms with Gasteiger partial charge in [0, 0.05) is 11.7 Å². The second kappa shape index (κ2) is 3.61. The Morgan fingerprint density at radius 3 is 2.76 bits per heavy atom. The summed E-state index contributed by atoms with van der Waals surface area (Å²) in [6.07, 6.45) is 3.75. The largest absolute Gasteiger partial charge is 0.385 e. The maximum Gasteiger partial charge on any atom is 0.0902 e. The van der Waals surface area contributed by atoms with E-state index < -0.39 is 5.60 Å². The third-order valence-electron chi connectivity index (χ3n) is 4.23. The second-order valence-corrected chi connectivity index (χ2v) is 5.72. The molecule has 1 fully saturated rings. The van der Waals surface area contributed by atoms with Gasteiger partial charge in [-0.1, -0.05) is 19.9 Å². The molecular weight excluding hydrogens is 210 g/mol. The smallest absolute Gasteiger partial charge is 0.0902 e. The van der Waals surface area contributed by atoms with Crippen molar-refractivity contribution in [1.82, 2.24) is 4.98 Å². The second-order valence-electron chi connectivity index (χ2n) is 5.72. The van der Waals surface area contributed by atoms with Gasteiger partial charge in [0.05, 0.1) is 5.60 Å². The van der Waals surface area contributed by atoms with E-state index in [2.05, 4.69) is 43.1 Å². The van der Waals surface area contributed by atoms with Crippen LogP contribution in [0, 0.1) is 11.8 Å². The van der Waals surface area contributed by atoms with E-state index in [1.54, 1.807) is 0 Å². The summed E-state index contributed by atoms with van der Waals surface area (Å²) in [6, 6.07) is 8.28. The first-order chi connectivity index (χ1) is 8.08. The highest BCUT2D eigenvalue weighted by atomic mass is 16.3. The van der Waals surface area contributed by atoms with Crippen molar-refractivity contribution < 1.29 is 5.11 Å². The van der Waals surface area contributed by atoms with E-state index in [1.165, 1.54) is 5.39 Å². The number of aromatic nitrogens is 1.